The minimum atomic E-state index is -3.89. The maximum absolute atomic E-state index is 13.9. The SMILES string of the molecule is CNS(=O)(=O)c1ccc(F)c(C(=O)OC(C)C(=O)Nc2ccc(F)cc2)c1. The monoisotopic (exact) mass is 398 g/mol. The number of benzene rings is 2. The van der Waals surface area contributed by atoms with Gasteiger partial charge in [0.15, 0.2) is 6.10 Å². The van der Waals surface area contributed by atoms with Crippen LogP contribution in [0.1, 0.15) is 17.3 Å². The normalized spacial score (nSPS) is 12.3. The van der Waals surface area contributed by atoms with Crippen molar-refractivity contribution >= 4 is 27.6 Å². The number of anilines is 1. The number of carbonyl (C=O) groups excluding carboxylic acids is 2. The number of halogens is 2. The van der Waals surface area contributed by atoms with Gasteiger partial charge in [-0.1, -0.05) is 0 Å². The molecule has 0 spiro atoms. The lowest BCUT2D eigenvalue weighted by Crippen LogP contribution is -2.30. The van der Waals surface area contributed by atoms with Crippen LogP contribution < -0.4 is 10.0 Å². The fraction of sp³-hybridized carbons (Fsp3) is 0.176. The summed E-state index contributed by atoms with van der Waals surface area (Å²) in [5.41, 5.74) is -0.356. The van der Waals surface area contributed by atoms with Gasteiger partial charge < -0.3 is 10.1 Å². The van der Waals surface area contributed by atoms with Gasteiger partial charge >= 0.3 is 5.97 Å². The van der Waals surface area contributed by atoms with Gasteiger partial charge in [0.2, 0.25) is 10.0 Å². The van der Waals surface area contributed by atoms with Crippen LogP contribution in [0.15, 0.2) is 47.4 Å². The number of ether oxygens (including phenoxy) is 1. The van der Waals surface area contributed by atoms with E-state index >= 15 is 0 Å². The van der Waals surface area contributed by atoms with E-state index in [1.807, 2.05) is 4.72 Å². The third kappa shape index (κ3) is 5.08. The lowest BCUT2D eigenvalue weighted by atomic mass is 10.2. The molecule has 27 heavy (non-hydrogen) atoms. The van der Waals surface area contributed by atoms with Crippen LogP contribution in [0.5, 0.6) is 0 Å². The van der Waals surface area contributed by atoms with Crippen LogP contribution in [0.25, 0.3) is 0 Å². The molecule has 0 saturated carbocycles. The van der Waals surface area contributed by atoms with Crippen LogP contribution in [-0.2, 0) is 19.6 Å². The van der Waals surface area contributed by atoms with Gasteiger partial charge in [0.25, 0.3) is 5.91 Å². The Morgan fingerprint density at radius 2 is 1.70 bits per heavy atom. The molecule has 0 saturated heterocycles. The maximum atomic E-state index is 13.9. The molecule has 0 fully saturated rings. The van der Waals surface area contributed by atoms with Gasteiger partial charge in [-0.3, -0.25) is 4.79 Å². The molecule has 1 unspecified atom stereocenters. The lowest BCUT2D eigenvalue weighted by molar-refractivity contribution is -0.123. The Hall–Kier alpha value is -2.85. The molecule has 0 bridgehead atoms. The van der Waals surface area contributed by atoms with E-state index < -0.39 is 45.2 Å². The molecule has 1 amide bonds. The molecule has 0 aliphatic rings. The van der Waals surface area contributed by atoms with Gasteiger partial charge in [-0.15, -0.1) is 0 Å². The largest absolute Gasteiger partial charge is 0.449 e. The van der Waals surface area contributed by atoms with E-state index in [0.717, 1.165) is 30.3 Å². The lowest BCUT2D eigenvalue weighted by Gasteiger charge is -2.14. The van der Waals surface area contributed by atoms with Crippen molar-refractivity contribution < 1.29 is 31.5 Å². The molecular weight excluding hydrogens is 382 g/mol. The molecule has 2 aromatic carbocycles. The molecule has 0 aromatic heterocycles. The summed E-state index contributed by atoms with van der Waals surface area (Å²) >= 11 is 0. The van der Waals surface area contributed by atoms with Crippen LogP contribution in [-0.4, -0.2) is 33.4 Å². The van der Waals surface area contributed by atoms with Crippen LogP contribution in [0.3, 0.4) is 0 Å². The van der Waals surface area contributed by atoms with Crippen LogP contribution >= 0.6 is 0 Å². The van der Waals surface area contributed by atoms with E-state index in [0.29, 0.717) is 0 Å². The maximum Gasteiger partial charge on any atom is 0.341 e. The fourth-order valence-electron chi connectivity index (χ4n) is 2.00. The number of sulfonamides is 1. The number of hydrogen-bond donors (Lipinski definition) is 2. The van der Waals surface area contributed by atoms with Gasteiger partial charge in [0.1, 0.15) is 11.6 Å². The predicted molar refractivity (Wildman–Crippen MR) is 92.6 cm³/mol. The summed E-state index contributed by atoms with van der Waals surface area (Å²) in [6, 6.07) is 7.51. The van der Waals surface area contributed by atoms with Crippen molar-refractivity contribution in [1.82, 2.24) is 4.72 Å². The molecule has 2 N–H and O–H groups in total. The Kier molecular flexibility index (Phi) is 6.24. The Bertz CT molecular complexity index is 962. The topological polar surface area (TPSA) is 102 Å². The van der Waals surface area contributed by atoms with Gasteiger partial charge in [-0.05, 0) is 56.4 Å². The van der Waals surface area contributed by atoms with Crippen molar-refractivity contribution in [3.05, 3.63) is 59.7 Å². The molecule has 144 valence electrons. The number of hydrogen-bond acceptors (Lipinski definition) is 5. The summed E-state index contributed by atoms with van der Waals surface area (Å²) in [7, 11) is -2.73. The molecule has 0 aliphatic heterocycles. The first kappa shape index (κ1) is 20.5. The van der Waals surface area contributed by atoms with Gasteiger partial charge in [0, 0.05) is 5.69 Å². The highest BCUT2D eigenvalue weighted by molar-refractivity contribution is 7.89. The standard InChI is InChI=1S/C17H16F2N2O5S/c1-10(16(22)21-12-5-3-11(18)4-6-12)26-17(23)14-9-13(7-8-15(14)19)27(24,25)20-2/h3-10,20H,1-2H3,(H,21,22). The highest BCUT2D eigenvalue weighted by atomic mass is 32.2. The van der Waals surface area contributed by atoms with Crippen LogP contribution in [0.2, 0.25) is 0 Å². The molecule has 0 radical (unpaired) electrons. The Balaban J connectivity index is 2.12. The summed E-state index contributed by atoms with van der Waals surface area (Å²) in [6.07, 6.45) is -1.31. The highest BCUT2D eigenvalue weighted by Crippen LogP contribution is 2.17. The van der Waals surface area contributed by atoms with E-state index in [9.17, 15) is 26.8 Å². The number of carbonyl (C=O) groups is 2. The zero-order valence-corrected chi connectivity index (χ0v) is 15.1. The number of esters is 1. The second kappa shape index (κ2) is 8.23. The summed E-state index contributed by atoms with van der Waals surface area (Å²) in [6.45, 7) is 1.25. The molecule has 10 heteroatoms. The van der Waals surface area contributed by atoms with Crippen molar-refractivity contribution in [2.75, 3.05) is 12.4 Å². The van der Waals surface area contributed by atoms with E-state index in [-0.39, 0.29) is 10.6 Å². The first-order chi connectivity index (χ1) is 12.6. The van der Waals surface area contributed by atoms with E-state index in [1.165, 1.54) is 26.1 Å². The molecular formula is C17H16F2N2O5S. The predicted octanol–water partition coefficient (Wildman–Crippen LogP) is 2.06. The summed E-state index contributed by atoms with van der Waals surface area (Å²) in [5.74, 6) is -3.42. The molecule has 1 atom stereocenters. The first-order valence-electron chi connectivity index (χ1n) is 7.64. The molecule has 2 aromatic rings. The summed E-state index contributed by atoms with van der Waals surface area (Å²) < 4.78 is 57.2. The second-order valence-corrected chi connectivity index (χ2v) is 7.28. The van der Waals surface area contributed by atoms with Crippen molar-refractivity contribution in [2.24, 2.45) is 0 Å². The summed E-state index contributed by atoms with van der Waals surface area (Å²) in [4.78, 5) is 23.8. The zero-order chi connectivity index (χ0) is 20.2. The van der Waals surface area contributed by atoms with Crippen molar-refractivity contribution in [1.29, 1.82) is 0 Å². The van der Waals surface area contributed by atoms with Gasteiger partial charge in [0.05, 0.1) is 10.5 Å². The quantitative estimate of drug-likeness (QED) is 0.726. The van der Waals surface area contributed by atoms with E-state index in [2.05, 4.69) is 5.32 Å². The Morgan fingerprint density at radius 1 is 1.07 bits per heavy atom. The summed E-state index contributed by atoms with van der Waals surface area (Å²) in [5, 5.41) is 2.40. The number of nitrogens with one attached hydrogen (secondary N) is 2. The highest BCUT2D eigenvalue weighted by Gasteiger charge is 2.23. The molecule has 2 rings (SSSR count). The third-order valence-electron chi connectivity index (χ3n) is 3.50. The fourth-order valence-corrected chi connectivity index (χ4v) is 2.76. The zero-order valence-electron chi connectivity index (χ0n) is 14.3. The van der Waals surface area contributed by atoms with E-state index in [4.69, 9.17) is 4.74 Å². The smallest absolute Gasteiger partial charge is 0.341 e. The van der Waals surface area contributed by atoms with Gasteiger partial charge in [-0.2, -0.15) is 0 Å². The molecule has 0 heterocycles. The first-order valence-corrected chi connectivity index (χ1v) is 9.13. The minimum Gasteiger partial charge on any atom is -0.449 e. The Morgan fingerprint density at radius 3 is 2.30 bits per heavy atom. The average Bonchev–Trinajstić information content (AvgIpc) is 2.63. The number of amides is 1. The second-order valence-electron chi connectivity index (χ2n) is 5.39. The van der Waals surface area contributed by atoms with Crippen LogP contribution in [0.4, 0.5) is 14.5 Å². The molecule has 0 aliphatic carbocycles. The van der Waals surface area contributed by atoms with Crippen molar-refractivity contribution in [3.63, 3.8) is 0 Å². The average molecular weight is 398 g/mol. The molecule has 7 nitrogen and oxygen atoms in total. The van der Waals surface area contributed by atoms with Gasteiger partial charge in [-0.25, -0.2) is 26.7 Å². The van der Waals surface area contributed by atoms with Crippen molar-refractivity contribution in [3.8, 4) is 0 Å². The van der Waals surface area contributed by atoms with E-state index in [1.54, 1.807) is 0 Å². The van der Waals surface area contributed by atoms with Crippen LogP contribution in [0, 0.1) is 11.6 Å². The minimum absolute atomic E-state index is 0.276. The third-order valence-corrected chi connectivity index (χ3v) is 4.91. The number of rotatable bonds is 6. The van der Waals surface area contributed by atoms with Crippen molar-refractivity contribution in [2.45, 2.75) is 17.9 Å². The Labute approximate surface area is 154 Å².